The van der Waals surface area contributed by atoms with Gasteiger partial charge in [-0.05, 0) is 49.6 Å². The predicted molar refractivity (Wildman–Crippen MR) is 107 cm³/mol. The van der Waals surface area contributed by atoms with Crippen molar-refractivity contribution < 1.29 is 26.7 Å². The van der Waals surface area contributed by atoms with Crippen molar-refractivity contribution in [1.29, 1.82) is 0 Å². The van der Waals surface area contributed by atoms with Crippen LogP contribution in [0.4, 0.5) is 8.78 Å². The van der Waals surface area contributed by atoms with E-state index >= 15 is 0 Å². The van der Waals surface area contributed by atoms with Crippen molar-refractivity contribution in [3.05, 3.63) is 59.7 Å². The van der Waals surface area contributed by atoms with Crippen molar-refractivity contribution in [2.75, 3.05) is 20.2 Å². The highest BCUT2D eigenvalue weighted by atomic mass is 32.2. The normalized spacial score (nSPS) is 20.0. The SMILES string of the molecule is COc1ccc(CNC(=O)C2(C)CCCN(S(=O)(=O)c3ccc(F)cc3F)C2)cc1. The number of nitrogens with zero attached hydrogens (tertiary/aromatic N) is 1. The van der Waals surface area contributed by atoms with Crippen molar-refractivity contribution in [2.24, 2.45) is 5.41 Å². The molecule has 0 aromatic heterocycles. The summed E-state index contributed by atoms with van der Waals surface area (Å²) >= 11 is 0. The number of methoxy groups -OCH3 is 1. The summed E-state index contributed by atoms with van der Waals surface area (Å²) in [5.41, 5.74) is -0.0877. The molecule has 1 atom stereocenters. The number of rotatable bonds is 6. The van der Waals surface area contributed by atoms with Gasteiger partial charge in [0, 0.05) is 25.7 Å². The minimum atomic E-state index is -4.19. The number of hydrogen-bond donors (Lipinski definition) is 1. The minimum Gasteiger partial charge on any atom is -0.497 e. The molecule has 1 unspecified atom stereocenters. The number of nitrogens with one attached hydrogen (secondary N) is 1. The molecule has 1 aliphatic rings. The van der Waals surface area contributed by atoms with E-state index in [0.717, 1.165) is 22.0 Å². The first-order chi connectivity index (χ1) is 14.2. The fraction of sp³-hybridized carbons (Fsp3) is 0.381. The van der Waals surface area contributed by atoms with Crippen molar-refractivity contribution >= 4 is 15.9 Å². The zero-order valence-corrected chi connectivity index (χ0v) is 17.6. The summed E-state index contributed by atoms with van der Waals surface area (Å²) in [6.45, 7) is 2.07. The molecule has 1 fully saturated rings. The summed E-state index contributed by atoms with van der Waals surface area (Å²) < 4.78 is 59.2. The Labute approximate surface area is 174 Å². The molecular formula is C21H24F2N2O4S. The smallest absolute Gasteiger partial charge is 0.246 e. The zero-order chi connectivity index (χ0) is 21.9. The monoisotopic (exact) mass is 438 g/mol. The van der Waals surface area contributed by atoms with Gasteiger partial charge in [0.2, 0.25) is 15.9 Å². The van der Waals surface area contributed by atoms with Crippen molar-refractivity contribution in [3.63, 3.8) is 0 Å². The fourth-order valence-electron chi connectivity index (χ4n) is 3.55. The number of ether oxygens (including phenoxy) is 1. The Morgan fingerprint density at radius 1 is 1.20 bits per heavy atom. The molecule has 30 heavy (non-hydrogen) atoms. The topological polar surface area (TPSA) is 75.7 Å². The summed E-state index contributed by atoms with van der Waals surface area (Å²) in [4.78, 5) is 12.3. The lowest BCUT2D eigenvalue weighted by Gasteiger charge is -2.38. The van der Waals surface area contributed by atoms with Gasteiger partial charge in [-0.25, -0.2) is 17.2 Å². The molecule has 2 aromatic carbocycles. The largest absolute Gasteiger partial charge is 0.497 e. The highest BCUT2D eigenvalue weighted by Gasteiger charge is 2.42. The Hall–Kier alpha value is -2.52. The summed E-state index contributed by atoms with van der Waals surface area (Å²) in [6.07, 6.45) is 0.952. The van der Waals surface area contributed by atoms with Gasteiger partial charge >= 0.3 is 0 Å². The highest BCUT2D eigenvalue weighted by Crippen LogP contribution is 2.33. The number of carbonyl (C=O) groups is 1. The Kier molecular flexibility index (Phi) is 6.42. The van der Waals surface area contributed by atoms with Gasteiger partial charge in [-0.3, -0.25) is 4.79 Å². The highest BCUT2D eigenvalue weighted by molar-refractivity contribution is 7.89. The van der Waals surface area contributed by atoms with Gasteiger partial charge in [0.05, 0.1) is 12.5 Å². The number of sulfonamides is 1. The Morgan fingerprint density at radius 2 is 1.90 bits per heavy atom. The van der Waals surface area contributed by atoms with E-state index in [2.05, 4.69) is 5.32 Å². The van der Waals surface area contributed by atoms with Crippen LogP contribution in [0, 0.1) is 17.0 Å². The van der Waals surface area contributed by atoms with Crippen LogP contribution < -0.4 is 10.1 Å². The van der Waals surface area contributed by atoms with Gasteiger partial charge < -0.3 is 10.1 Å². The van der Waals surface area contributed by atoms with Gasteiger partial charge in [-0.15, -0.1) is 0 Å². The van der Waals surface area contributed by atoms with E-state index in [0.29, 0.717) is 24.7 Å². The van der Waals surface area contributed by atoms with Crippen LogP contribution in [0.2, 0.25) is 0 Å². The van der Waals surface area contributed by atoms with E-state index in [1.807, 2.05) is 12.1 Å². The third-order valence-electron chi connectivity index (χ3n) is 5.33. The number of amides is 1. The molecule has 3 rings (SSSR count). The first kappa shape index (κ1) is 22.2. The van der Waals surface area contributed by atoms with Crippen molar-refractivity contribution in [2.45, 2.75) is 31.2 Å². The number of hydrogen-bond acceptors (Lipinski definition) is 4. The average molecular weight is 438 g/mol. The molecule has 0 spiro atoms. The lowest BCUT2D eigenvalue weighted by molar-refractivity contribution is -0.132. The number of halogens is 2. The molecule has 1 saturated heterocycles. The Bertz CT molecular complexity index is 1030. The second-order valence-electron chi connectivity index (χ2n) is 7.61. The molecule has 162 valence electrons. The van der Waals surface area contributed by atoms with E-state index in [-0.39, 0.29) is 25.5 Å². The molecule has 9 heteroatoms. The minimum absolute atomic E-state index is 0.0827. The Balaban J connectivity index is 1.72. The third-order valence-corrected chi connectivity index (χ3v) is 7.21. The number of piperidine rings is 1. The van der Waals surface area contributed by atoms with E-state index in [9.17, 15) is 22.0 Å². The lowest BCUT2D eigenvalue weighted by atomic mass is 9.82. The molecule has 2 aromatic rings. The van der Waals surface area contributed by atoms with Crippen molar-refractivity contribution in [1.82, 2.24) is 9.62 Å². The zero-order valence-electron chi connectivity index (χ0n) is 16.8. The van der Waals surface area contributed by atoms with Crippen LogP contribution in [0.1, 0.15) is 25.3 Å². The van der Waals surface area contributed by atoms with Crippen LogP contribution in [-0.2, 0) is 21.4 Å². The fourth-order valence-corrected chi connectivity index (χ4v) is 5.19. The molecule has 0 saturated carbocycles. The summed E-state index contributed by atoms with van der Waals surface area (Å²) in [7, 11) is -2.62. The van der Waals surface area contributed by atoms with Crippen LogP contribution >= 0.6 is 0 Å². The lowest BCUT2D eigenvalue weighted by Crippen LogP contribution is -2.51. The van der Waals surface area contributed by atoms with E-state index in [1.165, 1.54) is 0 Å². The number of carbonyl (C=O) groups excluding carboxylic acids is 1. The quantitative estimate of drug-likeness (QED) is 0.752. The standard InChI is InChI=1S/C21H24F2N2O4S/c1-21(20(26)24-13-15-4-7-17(29-2)8-5-15)10-3-11-25(14-21)30(27,28)19-9-6-16(22)12-18(19)23/h4-9,12H,3,10-11,13-14H2,1-2H3,(H,24,26). The van der Waals surface area contributed by atoms with Gasteiger partial charge in [-0.1, -0.05) is 12.1 Å². The first-order valence-corrected chi connectivity index (χ1v) is 11.0. The van der Waals surface area contributed by atoms with Crippen LogP contribution in [-0.4, -0.2) is 38.8 Å². The molecule has 6 nitrogen and oxygen atoms in total. The maximum absolute atomic E-state index is 14.1. The second kappa shape index (κ2) is 8.69. The van der Waals surface area contributed by atoms with Crippen LogP contribution in [0.15, 0.2) is 47.4 Å². The first-order valence-electron chi connectivity index (χ1n) is 9.52. The predicted octanol–water partition coefficient (Wildman–Crippen LogP) is 3.08. The molecule has 1 aliphatic heterocycles. The summed E-state index contributed by atoms with van der Waals surface area (Å²) in [5.74, 6) is -1.57. The van der Waals surface area contributed by atoms with E-state index in [1.54, 1.807) is 26.2 Å². The molecular weight excluding hydrogens is 414 g/mol. The number of benzene rings is 2. The molecule has 0 aliphatic carbocycles. The Morgan fingerprint density at radius 3 is 2.53 bits per heavy atom. The maximum atomic E-state index is 14.1. The van der Waals surface area contributed by atoms with Crippen LogP contribution in [0.25, 0.3) is 0 Å². The molecule has 1 N–H and O–H groups in total. The molecule has 0 bridgehead atoms. The van der Waals surface area contributed by atoms with Crippen LogP contribution in [0.5, 0.6) is 5.75 Å². The summed E-state index contributed by atoms with van der Waals surface area (Å²) in [5, 5.41) is 2.85. The molecule has 1 heterocycles. The second-order valence-corrected chi connectivity index (χ2v) is 9.51. The molecule has 1 amide bonds. The van der Waals surface area contributed by atoms with Gasteiger partial charge in [-0.2, -0.15) is 4.31 Å². The van der Waals surface area contributed by atoms with E-state index in [4.69, 9.17) is 4.74 Å². The average Bonchev–Trinajstić information content (AvgIpc) is 2.72. The summed E-state index contributed by atoms with van der Waals surface area (Å²) in [6, 6.07) is 9.59. The van der Waals surface area contributed by atoms with Gasteiger partial charge in [0.15, 0.2) is 0 Å². The molecule has 0 radical (unpaired) electrons. The third kappa shape index (κ3) is 4.62. The maximum Gasteiger partial charge on any atom is 0.246 e. The van der Waals surface area contributed by atoms with Gasteiger partial charge in [0.25, 0.3) is 0 Å². The van der Waals surface area contributed by atoms with Crippen molar-refractivity contribution in [3.8, 4) is 5.75 Å². The van der Waals surface area contributed by atoms with Gasteiger partial charge in [0.1, 0.15) is 22.3 Å². The van der Waals surface area contributed by atoms with E-state index < -0.39 is 32.0 Å². The van der Waals surface area contributed by atoms with Crippen LogP contribution in [0.3, 0.4) is 0 Å².